The molecule has 84 heavy (non-hydrogen) atoms. The van der Waals surface area contributed by atoms with E-state index in [-0.39, 0.29) is 38.8 Å². The van der Waals surface area contributed by atoms with E-state index in [1.54, 1.807) is 18.2 Å². The van der Waals surface area contributed by atoms with Crippen LogP contribution < -0.4 is 9.30 Å². The van der Waals surface area contributed by atoms with Crippen molar-refractivity contribution in [1.29, 1.82) is 0 Å². The van der Waals surface area contributed by atoms with Gasteiger partial charge in [-0.1, -0.05) is 178 Å². The van der Waals surface area contributed by atoms with Crippen molar-refractivity contribution < 1.29 is 28.8 Å². The normalized spacial score (nSPS) is 14.3. The number of aromatic nitrogens is 4. The Morgan fingerprint density at radius 3 is 2.02 bits per heavy atom. The van der Waals surface area contributed by atoms with Gasteiger partial charge in [-0.05, 0) is 181 Å². The molecular weight excluding hydrogens is 1020 g/mol. The molecule has 0 N–H and O–H groups in total. The molecule has 0 fully saturated rings. The van der Waals surface area contributed by atoms with E-state index in [0.29, 0.717) is 67.4 Å². The van der Waals surface area contributed by atoms with Crippen LogP contribution in [-0.4, -0.2) is 14.1 Å². The third-order valence-corrected chi connectivity index (χ3v) is 16.5. The summed E-state index contributed by atoms with van der Waals surface area (Å²) in [6, 6.07) is 64.9. The van der Waals surface area contributed by atoms with Gasteiger partial charge in [0.05, 0.1) is 40.3 Å². The van der Waals surface area contributed by atoms with Crippen molar-refractivity contribution in [2.24, 2.45) is 0 Å². The maximum Gasteiger partial charge on any atom is 0.269 e. The van der Waals surface area contributed by atoms with Crippen LogP contribution >= 0.6 is 0 Å². The second-order valence-corrected chi connectivity index (χ2v) is 22.5. The molecule has 15 aromatic rings. The summed E-state index contributed by atoms with van der Waals surface area (Å²) in [5.41, 5.74) is 11.8. The maximum atomic E-state index is 9.61. The van der Waals surface area contributed by atoms with Crippen molar-refractivity contribution in [2.75, 3.05) is 0 Å². The quantitative estimate of drug-likeness (QED) is 0.118. The molecule has 400 valence electrons. The van der Waals surface area contributed by atoms with Crippen LogP contribution in [0.1, 0.15) is 52.5 Å². The molecule has 1 aliphatic heterocycles. The Balaban J connectivity index is 1.00. The Bertz CT molecular complexity index is 5690. The number of rotatable bonds is 7. The minimum Gasteiger partial charge on any atom is -0.458 e. The largest absolute Gasteiger partial charge is 0.458 e. The third-order valence-electron chi connectivity index (χ3n) is 16.5. The van der Waals surface area contributed by atoms with Gasteiger partial charge in [-0.2, -0.15) is 0 Å². The van der Waals surface area contributed by atoms with E-state index in [9.17, 15) is 2.74 Å². The summed E-state index contributed by atoms with van der Waals surface area (Å²) < 4.78 is 120. The van der Waals surface area contributed by atoms with Crippen molar-refractivity contribution >= 4 is 54.8 Å². The van der Waals surface area contributed by atoms with Gasteiger partial charge in [0, 0.05) is 42.0 Å². The molecule has 0 unspecified atom stereocenters. The number of aryl methyl sites for hydroxylation is 2. The molecule has 11 aromatic carbocycles. The number of ether oxygens (including phenoxy) is 1. The zero-order valence-corrected chi connectivity index (χ0v) is 45.9. The molecule has 0 bridgehead atoms. The summed E-state index contributed by atoms with van der Waals surface area (Å²) in [6.45, 7) is 0.949. The van der Waals surface area contributed by atoms with Crippen LogP contribution in [0.15, 0.2) is 253 Å². The smallest absolute Gasteiger partial charge is 0.269 e. The van der Waals surface area contributed by atoms with E-state index >= 15 is 0 Å². The van der Waals surface area contributed by atoms with Crippen molar-refractivity contribution in [3.63, 3.8) is 0 Å². The predicted octanol–water partition coefficient (Wildman–Crippen LogP) is 20.1. The number of para-hydroxylation sites is 3. The molecule has 5 heterocycles. The van der Waals surface area contributed by atoms with Gasteiger partial charge in [0.2, 0.25) is 0 Å². The fourth-order valence-electron chi connectivity index (χ4n) is 12.6. The van der Waals surface area contributed by atoms with Crippen molar-refractivity contribution in [3.05, 3.63) is 272 Å². The molecule has 16 rings (SSSR count). The lowest BCUT2D eigenvalue weighted by molar-refractivity contribution is -0.570. The number of furan rings is 1. The predicted molar refractivity (Wildman–Crippen MR) is 344 cm³/mol. The molecule has 6 heteroatoms. The molecule has 0 atom stereocenters. The Hall–Kier alpha value is -10.6. The number of benzene rings is 11. The van der Waals surface area contributed by atoms with Crippen molar-refractivity contribution in [3.8, 4) is 95.5 Å². The van der Waals surface area contributed by atoms with E-state index in [1.807, 2.05) is 155 Å². The van der Waals surface area contributed by atoms with Crippen molar-refractivity contribution in [2.45, 2.75) is 39.9 Å². The van der Waals surface area contributed by atoms with Crippen LogP contribution in [0.3, 0.4) is 0 Å². The molecule has 0 saturated carbocycles. The summed E-state index contributed by atoms with van der Waals surface area (Å²) in [4.78, 5) is 4.91. The fourth-order valence-corrected chi connectivity index (χ4v) is 12.6. The average molecular weight is 1090 g/mol. The first kappa shape index (κ1) is 39.0. The van der Waals surface area contributed by atoms with Gasteiger partial charge in [0.15, 0.2) is 0 Å². The van der Waals surface area contributed by atoms with E-state index in [0.717, 1.165) is 66.2 Å². The Morgan fingerprint density at radius 1 is 0.500 bits per heavy atom. The van der Waals surface area contributed by atoms with Gasteiger partial charge in [-0.3, -0.25) is 13.7 Å². The fraction of sp³-hybridized carbons (Fsp3) is 0.0769. The summed E-state index contributed by atoms with van der Waals surface area (Å²) in [7, 11) is 0. The molecule has 1 aliphatic rings. The summed E-state index contributed by atoms with van der Waals surface area (Å²) >= 11 is 0. The van der Waals surface area contributed by atoms with Gasteiger partial charge < -0.3 is 9.15 Å². The first-order chi connectivity index (χ1) is 45.6. The van der Waals surface area contributed by atoms with Crippen molar-refractivity contribution in [1.82, 2.24) is 14.1 Å². The molecule has 4 aromatic heterocycles. The molecule has 0 radical (unpaired) electrons. The minimum atomic E-state index is -2.81. The van der Waals surface area contributed by atoms with Crippen LogP contribution in [0.25, 0.3) is 139 Å². The van der Waals surface area contributed by atoms with Crippen LogP contribution in [0.2, 0.25) is 0 Å². The van der Waals surface area contributed by atoms with Gasteiger partial charge >= 0.3 is 0 Å². The van der Waals surface area contributed by atoms with Gasteiger partial charge in [0.1, 0.15) is 28.5 Å². The number of nitrogens with zero attached hydrogens (tertiary/aromatic N) is 4. The SMILES string of the molecule is [2H]c1c([2H])c([2H])c(-c2cccc3c2-c2cc(-c4c(C([2H])([2H])[2H])cccc4C([2H])([2H])[2H])cc(-c4ccc5oc6ccccc6c5c4)c2-[n+]2[c-]n(-c4cccc(Oc5ccc6c7ccccc7n(-c7cc(C(C)(C)C)ccn7)c6c5)c4)c4cccc(c42)-c2ccccc2-3)c([2H])c1[2H]. The van der Waals surface area contributed by atoms with E-state index in [2.05, 4.69) is 68.1 Å². The minimum absolute atomic E-state index is 0.0190. The second kappa shape index (κ2) is 19.0. The van der Waals surface area contributed by atoms with E-state index < -0.39 is 43.9 Å². The van der Waals surface area contributed by atoms with Gasteiger partial charge in [-0.25, -0.2) is 4.98 Å². The zero-order valence-electron chi connectivity index (χ0n) is 56.9. The highest BCUT2D eigenvalue weighted by atomic mass is 16.5. The topological polar surface area (TPSA) is 49.0 Å². The van der Waals surface area contributed by atoms with Crippen LogP contribution in [-0.2, 0) is 5.41 Å². The molecule has 0 amide bonds. The van der Waals surface area contributed by atoms with Crippen LogP contribution in [0.4, 0.5) is 0 Å². The van der Waals surface area contributed by atoms with Gasteiger partial charge in [0.25, 0.3) is 6.33 Å². The number of fused-ring (bicyclic) bond motifs is 13. The molecule has 0 spiro atoms. The lowest BCUT2D eigenvalue weighted by Gasteiger charge is -2.24. The Morgan fingerprint density at radius 2 is 1.18 bits per heavy atom. The Kier molecular flexibility index (Phi) is 8.82. The van der Waals surface area contributed by atoms with Gasteiger partial charge in [-0.15, -0.1) is 0 Å². The monoisotopic (exact) mass is 1090 g/mol. The lowest BCUT2D eigenvalue weighted by atomic mass is 9.82. The summed E-state index contributed by atoms with van der Waals surface area (Å²) in [5.74, 6) is 1.91. The molecule has 6 nitrogen and oxygen atoms in total. The first-order valence-electron chi connectivity index (χ1n) is 33.4. The number of pyridine rings is 1. The van der Waals surface area contributed by atoms with Crippen LogP contribution in [0.5, 0.6) is 11.5 Å². The summed E-state index contributed by atoms with van der Waals surface area (Å²) in [6.07, 6.45) is 5.71. The number of hydrogen-bond acceptors (Lipinski definition) is 3. The highest BCUT2D eigenvalue weighted by Gasteiger charge is 2.30. The molecule has 0 saturated heterocycles. The maximum absolute atomic E-state index is 9.61. The molecule has 0 aliphatic carbocycles. The lowest BCUT2D eigenvalue weighted by Crippen LogP contribution is -2.32. The zero-order chi connectivity index (χ0) is 65.7. The molecular formula is C78H56N4O2. The number of hydrogen-bond donors (Lipinski definition) is 0. The third kappa shape index (κ3) is 7.85. The number of imidazole rings is 1. The van der Waals surface area contributed by atoms with E-state index in [4.69, 9.17) is 26.5 Å². The highest BCUT2D eigenvalue weighted by Crippen LogP contribution is 2.51. The average Bonchev–Trinajstić information content (AvgIpc) is 1.66. The standard InChI is InChI=1S/C78H56N4O2/c1-48-19-15-20-49(2)74(48)52-42-65(51-35-38-72-66(41-51)62-28-12-14-34-71(62)84-72)76-67(43-52)75-57(50-21-7-6-8-22-50)29-17-30-63(75)58-25-9-10-26-59(58)64-31-18-33-69-77(64)81(76)47-80(69)54-23-16-24-55(45-54)83-56-36-37-61-60-27-11-13-32-68(60)82(70(61)46-56)73-44-53(39-40-79-73)78(3,4)5/h6-46H,1-5H3/i1D3,2D3,6D,7D,8D,21D,22D. The summed E-state index contributed by atoms with van der Waals surface area (Å²) in [5, 5.41) is 3.74. The highest BCUT2D eigenvalue weighted by molar-refractivity contribution is 6.11. The van der Waals surface area contributed by atoms with E-state index in [1.165, 1.54) is 18.2 Å². The van der Waals surface area contributed by atoms with Crippen LogP contribution in [0, 0.1) is 20.0 Å². The first-order valence-corrected chi connectivity index (χ1v) is 27.9. The Labute approximate surface area is 502 Å². The second-order valence-electron chi connectivity index (χ2n) is 22.5.